The number of sulfonamides is 1. The van der Waals surface area contributed by atoms with E-state index in [0.717, 1.165) is 41.3 Å². The number of nitrogens with one attached hydrogen (secondary N) is 1. The Morgan fingerprint density at radius 3 is 2.45 bits per heavy atom. The number of rotatable bonds is 7. The maximum Gasteiger partial charge on any atom is 0.305 e. The third kappa shape index (κ3) is 5.60. The summed E-state index contributed by atoms with van der Waals surface area (Å²) in [6, 6.07) is 12.9. The van der Waals surface area contributed by atoms with Gasteiger partial charge in [-0.25, -0.2) is 13.8 Å². The number of carbonyl (C=O) groups is 2. The van der Waals surface area contributed by atoms with Crippen molar-refractivity contribution in [2.45, 2.75) is 36.2 Å². The lowest BCUT2D eigenvalue weighted by molar-refractivity contribution is -0.147. The summed E-state index contributed by atoms with van der Waals surface area (Å²) < 4.78 is 28.1. The first kappa shape index (κ1) is 26.4. The van der Waals surface area contributed by atoms with Gasteiger partial charge in [-0.15, -0.1) is 0 Å². The van der Waals surface area contributed by atoms with Crippen LogP contribution in [0.25, 0.3) is 10.8 Å². The number of pyridine rings is 1. The molecule has 1 atom stereocenters. The summed E-state index contributed by atoms with van der Waals surface area (Å²) in [5.74, 6) is -1.58. The average Bonchev–Trinajstić information content (AvgIpc) is 2.90. The van der Waals surface area contributed by atoms with Crippen LogP contribution in [0.3, 0.4) is 0 Å². The summed E-state index contributed by atoms with van der Waals surface area (Å²) in [4.78, 5) is 31.2. The number of hydrogen-bond acceptors (Lipinski definition) is 7. The van der Waals surface area contributed by atoms with E-state index in [0.29, 0.717) is 10.4 Å². The van der Waals surface area contributed by atoms with Gasteiger partial charge in [0.1, 0.15) is 0 Å². The minimum Gasteiger partial charge on any atom is -0.481 e. The molecule has 0 bridgehead atoms. The molecule has 200 valence electrons. The number of aliphatic carboxylic acids is 1. The van der Waals surface area contributed by atoms with E-state index in [1.54, 1.807) is 42.7 Å². The quantitative estimate of drug-likeness (QED) is 0.454. The van der Waals surface area contributed by atoms with Gasteiger partial charge in [-0.3, -0.25) is 19.6 Å². The highest BCUT2D eigenvalue weighted by molar-refractivity contribution is 7.89. The molecule has 1 unspecified atom stereocenters. The van der Waals surface area contributed by atoms with E-state index in [-0.39, 0.29) is 30.4 Å². The third-order valence-corrected chi connectivity index (χ3v) is 9.07. The van der Waals surface area contributed by atoms with E-state index in [2.05, 4.69) is 15.3 Å². The fourth-order valence-corrected chi connectivity index (χ4v) is 6.70. The van der Waals surface area contributed by atoms with Crippen LogP contribution in [-0.4, -0.2) is 78.0 Å². The molecule has 38 heavy (non-hydrogen) atoms. The fourth-order valence-electron chi connectivity index (χ4n) is 5.05. The largest absolute Gasteiger partial charge is 0.481 e. The highest BCUT2D eigenvalue weighted by Crippen LogP contribution is 2.27. The molecule has 10 nitrogen and oxygen atoms in total. The molecule has 2 aromatic carbocycles. The first-order chi connectivity index (χ1) is 18.2. The molecule has 2 saturated heterocycles. The average molecular weight is 558 g/mol. The van der Waals surface area contributed by atoms with Gasteiger partial charge >= 0.3 is 5.97 Å². The van der Waals surface area contributed by atoms with Crippen LogP contribution in [0.2, 0.25) is 5.02 Å². The number of halogens is 1. The smallest absolute Gasteiger partial charge is 0.305 e. The Hall–Kier alpha value is -3.25. The molecule has 2 fully saturated rings. The van der Waals surface area contributed by atoms with Crippen LogP contribution in [0, 0.1) is 0 Å². The van der Waals surface area contributed by atoms with Gasteiger partial charge in [0.05, 0.1) is 23.9 Å². The van der Waals surface area contributed by atoms with Gasteiger partial charge in [-0.1, -0.05) is 23.7 Å². The zero-order chi connectivity index (χ0) is 26.9. The van der Waals surface area contributed by atoms with Crippen LogP contribution in [-0.2, 0) is 19.6 Å². The van der Waals surface area contributed by atoms with Gasteiger partial charge in [-0.05, 0) is 60.0 Å². The number of carbonyl (C=O) groups excluding carboxylic acids is 1. The molecule has 1 amide bonds. The van der Waals surface area contributed by atoms with Crippen molar-refractivity contribution in [3.05, 3.63) is 65.9 Å². The summed E-state index contributed by atoms with van der Waals surface area (Å²) in [5.41, 5.74) is 4.30. The SMILES string of the molecule is O=C(O)CC1CN(S(=O)(=O)c2ccc3cc(Cl)ccc3c2)CC(=O)N1NC1CCN(c2ccncc2)CC1. The number of hydrogen-bond donors (Lipinski definition) is 2. The molecule has 1 aromatic heterocycles. The predicted octanol–water partition coefficient (Wildman–Crippen LogP) is 2.74. The summed E-state index contributed by atoms with van der Waals surface area (Å²) >= 11 is 6.04. The number of fused-ring (bicyclic) bond motifs is 1. The van der Waals surface area contributed by atoms with Gasteiger partial charge in [0, 0.05) is 48.8 Å². The second kappa shape index (κ2) is 10.9. The molecule has 2 aliphatic rings. The molecule has 0 aliphatic carbocycles. The lowest BCUT2D eigenvalue weighted by atomic mass is 10.0. The van der Waals surface area contributed by atoms with Crippen molar-refractivity contribution in [3.63, 3.8) is 0 Å². The molecule has 12 heteroatoms. The molecule has 5 rings (SSSR count). The lowest BCUT2D eigenvalue weighted by Crippen LogP contribution is -2.64. The van der Waals surface area contributed by atoms with E-state index in [4.69, 9.17) is 11.6 Å². The van der Waals surface area contributed by atoms with Crippen molar-refractivity contribution in [2.24, 2.45) is 0 Å². The Morgan fingerprint density at radius 2 is 1.74 bits per heavy atom. The number of carboxylic acid groups (broad SMARTS) is 1. The van der Waals surface area contributed by atoms with E-state index in [1.807, 2.05) is 12.1 Å². The van der Waals surface area contributed by atoms with Crippen LogP contribution in [0.5, 0.6) is 0 Å². The van der Waals surface area contributed by atoms with Crippen LogP contribution in [0.4, 0.5) is 5.69 Å². The Labute approximate surface area is 225 Å². The van der Waals surface area contributed by atoms with Crippen LogP contribution < -0.4 is 10.3 Å². The van der Waals surface area contributed by atoms with Gasteiger partial charge in [0.15, 0.2) is 0 Å². The number of piperazine rings is 1. The number of anilines is 1. The number of nitrogens with zero attached hydrogens (tertiary/aromatic N) is 4. The zero-order valence-electron chi connectivity index (χ0n) is 20.5. The van der Waals surface area contributed by atoms with E-state index in [9.17, 15) is 23.1 Å². The molecule has 0 spiro atoms. The maximum atomic E-state index is 13.5. The number of aromatic nitrogens is 1. The molecule has 3 aromatic rings. The van der Waals surface area contributed by atoms with Crippen molar-refractivity contribution in [2.75, 3.05) is 31.1 Å². The van der Waals surface area contributed by atoms with Gasteiger partial charge < -0.3 is 10.0 Å². The van der Waals surface area contributed by atoms with Gasteiger partial charge in [0.25, 0.3) is 5.91 Å². The normalized spacial score (nSPS) is 19.7. The minimum atomic E-state index is -4.04. The lowest BCUT2D eigenvalue weighted by Gasteiger charge is -2.43. The van der Waals surface area contributed by atoms with Crippen LogP contribution in [0.1, 0.15) is 19.3 Å². The van der Waals surface area contributed by atoms with Crippen LogP contribution in [0.15, 0.2) is 65.8 Å². The molecule has 3 heterocycles. The Kier molecular flexibility index (Phi) is 7.53. The number of carboxylic acids is 1. The Morgan fingerprint density at radius 1 is 1.05 bits per heavy atom. The number of piperidine rings is 1. The Balaban J connectivity index is 1.30. The van der Waals surface area contributed by atoms with Gasteiger partial charge in [-0.2, -0.15) is 4.31 Å². The topological polar surface area (TPSA) is 123 Å². The van der Waals surface area contributed by atoms with E-state index < -0.39 is 27.9 Å². The standard InChI is InChI=1S/C26H28ClN5O5S/c27-20-3-1-19-14-24(4-2-18(19)13-20)38(36,37)31-16-23(15-26(34)35)32(25(33)17-31)29-21-7-11-30(12-8-21)22-5-9-28-10-6-22/h1-6,9-10,13-14,21,23,29H,7-8,11-12,15-17H2,(H,34,35). The third-order valence-electron chi connectivity index (χ3n) is 7.03. The highest BCUT2D eigenvalue weighted by Gasteiger charge is 2.40. The van der Waals surface area contributed by atoms with Crippen molar-refractivity contribution in [1.82, 2.24) is 19.7 Å². The summed E-state index contributed by atoms with van der Waals surface area (Å²) in [6.45, 7) is 1.03. The molecule has 0 saturated carbocycles. The Bertz CT molecular complexity index is 1450. The molecule has 2 N–H and O–H groups in total. The second-order valence-corrected chi connectivity index (χ2v) is 11.9. The molecular formula is C26H28ClN5O5S. The van der Waals surface area contributed by atoms with Crippen molar-refractivity contribution in [3.8, 4) is 0 Å². The summed E-state index contributed by atoms with van der Waals surface area (Å²) in [6.07, 6.45) is 4.60. The molecule has 2 aliphatic heterocycles. The van der Waals surface area contributed by atoms with Crippen LogP contribution >= 0.6 is 11.6 Å². The van der Waals surface area contributed by atoms with Crippen molar-refractivity contribution < 1.29 is 23.1 Å². The summed E-state index contributed by atoms with van der Waals surface area (Å²) in [5, 5.41) is 12.9. The van der Waals surface area contributed by atoms with E-state index >= 15 is 0 Å². The zero-order valence-corrected chi connectivity index (χ0v) is 22.1. The van der Waals surface area contributed by atoms with E-state index in [1.165, 1.54) is 11.1 Å². The first-order valence-corrected chi connectivity index (χ1v) is 14.2. The minimum absolute atomic E-state index is 0.0381. The molecule has 0 radical (unpaired) electrons. The number of hydrazine groups is 1. The second-order valence-electron chi connectivity index (χ2n) is 9.56. The van der Waals surface area contributed by atoms with Crippen molar-refractivity contribution >= 4 is 50.0 Å². The number of amides is 1. The highest BCUT2D eigenvalue weighted by atomic mass is 35.5. The predicted molar refractivity (Wildman–Crippen MR) is 143 cm³/mol. The van der Waals surface area contributed by atoms with Crippen molar-refractivity contribution in [1.29, 1.82) is 0 Å². The fraction of sp³-hybridized carbons (Fsp3) is 0.346. The first-order valence-electron chi connectivity index (χ1n) is 12.4. The molecular weight excluding hydrogens is 530 g/mol. The van der Waals surface area contributed by atoms with Gasteiger partial charge in [0.2, 0.25) is 10.0 Å². The number of benzene rings is 2. The summed E-state index contributed by atoms with van der Waals surface area (Å²) in [7, 11) is -4.04. The maximum absolute atomic E-state index is 13.5. The monoisotopic (exact) mass is 557 g/mol.